The molecule has 0 aromatic heterocycles. The third-order valence-electron chi connectivity index (χ3n) is 4.11. The summed E-state index contributed by atoms with van der Waals surface area (Å²) in [6, 6.07) is 13.5. The summed E-state index contributed by atoms with van der Waals surface area (Å²) < 4.78 is 10.7. The minimum atomic E-state index is -0.839. The van der Waals surface area contributed by atoms with Crippen LogP contribution in [-0.4, -0.2) is 37.0 Å². The second kappa shape index (κ2) is 7.90. The van der Waals surface area contributed by atoms with Gasteiger partial charge in [0.1, 0.15) is 5.75 Å². The summed E-state index contributed by atoms with van der Waals surface area (Å²) in [5.41, 5.74) is 1.57. The van der Waals surface area contributed by atoms with Gasteiger partial charge in [-0.15, -0.1) is 0 Å². The molecule has 0 spiro atoms. The molecule has 2 aromatic carbocycles. The van der Waals surface area contributed by atoms with Gasteiger partial charge in [-0.25, -0.2) is 4.79 Å². The first-order chi connectivity index (χ1) is 13.0. The molecule has 0 fully saturated rings. The molecule has 0 radical (unpaired) electrons. The molecule has 0 unspecified atom stereocenters. The summed E-state index contributed by atoms with van der Waals surface area (Å²) in [6.07, 6.45) is -0.839. The van der Waals surface area contributed by atoms with Crippen molar-refractivity contribution >= 4 is 29.2 Å². The molecule has 2 amide bonds. The topological polar surface area (TPSA) is 84.9 Å². The Bertz CT molecular complexity index is 863. The van der Waals surface area contributed by atoms with Gasteiger partial charge in [-0.2, -0.15) is 0 Å². The maximum atomic E-state index is 12.6. The van der Waals surface area contributed by atoms with Gasteiger partial charge in [-0.1, -0.05) is 12.1 Å². The van der Waals surface area contributed by atoms with E-state index in [4.69, 9.17) is 9.47 Å². The maximum Gasteiger partial charge on any atom is 0.338 e. The Hall–Kier alpha value is -3.35. The molecular weight excluding hydrogens is 348 g/mol. The van der Waals surface area contributed by atoms with E-state index in [1.165, 1.54) is 11.8 Å². The summed E-state index contributed by atoms with van der Waals surface area (Å²) in [7, 11) is 0. The molecule has 7 nitrogen and oxygen atoms in total. The number of nitrogens with zero attached hydrogens (tertiary/aromatic N) is 1. The molecule has 3 rings (SSSR count). The molecular formula is C20H20N2O5. The molecule has 7 heteroatoms. The lowest BCUT2D eigenvalue weighted by Gasteiger charge is -2.33. The highest BCUT2D eigenvalue weighted by Crippen LogP contribution is 2.33. The first kappa shape index (κ1) is 18.4. The van der Waals surface area contributed by atoms with E-state index in [1.807, 2.05) is 6.07 Å². The second-order valence-corrected chi connectivity index (χ2v) is 5.99. The quantitative estimate of drug-likeness (QED) is 0.839. The summed E-state index contributed by atoms with van der Waals surface area (Å²) in [4.78, 5) is 37.7. The molecule has 140 valence electrons. The third-order valence-corrected chi connectivity index (χ3v) is 4.11. The van der Waals surface area contributed by atoms with E-state index in [-0.39, 0.29) is 18.4 Å². The predicted molar refractivity (Wildman–Crippen MR) is 99.9 cm³/mol. The Balaban J connectivity index is 1.71. The van der Waals surface area contributed by atoms with Crippen molar-refractivity contribution in [1.82, 2.24) is 0 Å². The number of fused-ring (bicyclic) bond motifs is 1. The number of anilines is 2. The molecule has 1 atom stereocenters. The van der Waals surface area contributed by atoms with Crippen LogP contribution in [0.2, 0.25) is 0 Å². The van der Waals surface area contributed by atoms with E-state index in [0.717, 1.165) is 0 Å². The van der Waals surface area contributed by atoms with Gasteiger partial charge in [0, 0.05) is 12.6 Å². The normalized spacial score (nSPS) is 15.3. The van der Waals surface area contributed by atoms with Crippen LogP contribution in [0.5, 0.6) is 5.75 Å². The molecule has 27 heavy (non-hydrogen) atoms. The molecule has 1 aliphatic heterocycles. The lowest BCUT2D eigenvalue weighted by Crippen LogP contribution is -2.48. The van der Waals surface area contributed by atoms with Crippen LogP contribution in [0.4, 0.5) is 11.4 Å². The Morgan fingerprint density at radius 3 is 2.52 bits per heavy atom. The van der Waals surface area contributed by atoms with E-state index >= 15 is 0 Å². The Morgan fingerprint density at radius 2 is 1.85 bits per heavy atom. The zero-order valence-electron chi connectivity index (χ0n) is 15.1. The first-order valence-corrected chi connectivity index (χ1v) is 8.61. The fourth-order valence-electron chi connectivity index (χ4n) is 2.80. The van der Waals surface area contributed by atoms with Gasteiger partial charge in [0.25, 0.3) is 5.91 Å². The van der Waals surface area contributed by atoms with E-state index < -0.39 is 12.1 Å². The molecule has 2 aromatic rings. The number of hydrogen-bond acceptors (Lipinski definition) is 5. The maximum absolute atomic E-state index is 12.6. The van der Waals surface area contributed by atoms with Crippen molar-refractivity contribution < 1.29 is 23.9 Å². The fourth-order valence-corrected chi connectivity index (χ4v) is 2.80. The van der Waals surface area contributed by atoms with Crippen molar-refractivity contribution in [2.45, 2.75) is 20.0 Å². The van der Waals surface area contributed by atoms with Crippen LogP contribution in [0.15, 0.2) is 48.5 Å². The van der Waals surface area contributed by atoms with Crippen molar-refractivity contribution in [3.05, 3.63) is 54.1 Å². The number of para-hydroxylation sites is 2. The zero-order chi connectivity index (χ0) is 19.4. The van der Waals surface area contributed by atoms with E-state index in [1.54, 1.807) is 49.4 Å². The molecule has 0 saturated carbocycles. The lowest BCUT2D eigenvalue weighted by molar-refractivity contribution is -0.123. The van der Waals surface area contributed by atoms with E-state index in [0.29, 0.717) is 29.3 Å². The highest BCUT2D eigenvalue weighted by molar-refractivity contribution is 5.99. The van der Waals surface area contributed by atoms with Crippen LogP contribution in [0.1, 0.15) is 24.2 Å². The second-order valence-electron chi connectivity index (χ2n) is 5.99. The van der Waals surface area contributed by atoms with Crippen molar-refractivity contribution in [1.29, 1.82) is 0 Å². The lowest BCUT2D eigenvalue weighted by atomic mass is 10.1. The van der Waals surface area contributed by atoms with Gasteiger partial charge >= 0.3 is 5.97 Å². The van der Waals surface area contributed by atoms with Crippen molar-refractivity contribution in [2.24, 2.45) is 0 Å². The summed E-state index contributed by atoms with van der Waals surface area (Å²) >= 11 is 0. The summed E-state index contributed by atoms with van der Waals surface area (Å²) in [6.45, 7) is 3.61. The fraction of sp³-hybridized carbons (Fsp3) is 0.250. The van der Waals surface area contributed by atoms with Crippen molar-refractivity contribution in [3.63, 3.8) is 0 Å². The van der Waals surface area contributed by atoms with Gasteiger partial charge in [-0.05, 0) is 43.3 Å². The molecule has 0 saturated heterocycles. The Kier molecular flexibility index (Phi) is 5.40. The number of nitrogens with one attached hydrogen (secondary N) is 1. The van der Waals surface area contributed by atoms with Crippen molar-refractivity contribution in [3.8, 4) is 5.75 Å². The van der Waals surface area contributed by atoms with Crippen LogP contribution in [0.25, 0.3) is 0 Å². The number of carbonyl (C=O) groups excluding carboxylic acids is 3. The van der Waals surface area contributed by atoms with E-state index in [9.17, 15) is 14.4 Å². The standard InChI is InChI=1S/C20H20N2O5/c1-3-26-20(25)14-8-10-15(11-9-14)21-19(24)18-12-22(13(2)23)16-6-4-5-7-17(16)27-18/h4-11,18H,3,12H2,1-2H3,(H,21,24)/t18-/m1/s1. The van der Waals surface area contributed by atoms with Gasteiger partial charge in [-0.3, -0.25) is 9.59 Å². The summed E-state index contributed by atoms with van der Waals surface area (Å²) in [5, 5.41) is 2.75. The van der Waals surface area contributed by atoms with Gasteiger partial charge in [0.2, 0.25) is 5.91 Å². The van der Waals surface area contributed by atoms with Crippen molar-refractivity contribution in [2.75, 3.05) is 23.4 Å². The highest BCUT2D eigenvalue weighted by atomic mass is 16.5. The van der Waals surface area contributed by atoms with Crippen LogP contribution in [0, 0.1) is 0 Å². The average Bonchev–Trinajstić information content (AvgIpc) is 2.67. The number of amides is 2. The van der Waals surface area contributed by atoms with E-state index in [2.05, 4.69) is 5.32 Å². The number of ether oxygens (including phenoxy) is 2. The number of carbonyl (C=O) groups is 3. The van der Waals surface area contributed by atoms with Gasteiger partial charge in [0.05, 0.1) is 24.4 Å². The number of esters is 1. The molecule has 1 heterocycles. The number of hydrogen-bond donors (Lipinski definition) is 1. The van der Waals surface area contributed by atoms with Crippen LogP contribution in [-0.2, 0) is 14.3 Å². The zero-order valence-corrected chi connectivity index (χ0v) is 15.1. The summed E-state index contributed by atoms with van der Waals surface area (Å²) in [5.74, 6) is -0.474. The van der Waals surface area contributed by atoms with Crippen LogP contribution >= 0.6 is 0 Å². The SMILES string of the molecule is CCOC(=O)c1ccc(NC(=O)[C@H]2CN(C(C)=O)c3ccccc3O2)cc1. The van der Waals surface area contributed by atoms with Gasteiger partial charge < -0.3 is 19.7 Å². The minimum Gasteiger partial charge on any atom is -0.476 e. The Morgan fingerprint density at radius 1 is 1.15 bits per heavy atom. The Labute approximate surface area is 156 Å². The molecule has 1 aliphatic rings. The van der Waals surface area contributed by atoms with Crippen LogP contribution in [0.3, 0.4) is 0 Å². The van der Waals surface area contributed by atoms with Gasteiger partial charge in [0.15, 0.2) is 6.10 Å². The third kappa shape index (κ3) is 4.08. The number of benzene rings is 2. The minimum absolute atomic E-state index is 0.124. The monoisotopic (exact) mass is 368 g/mol. The molecule has 1 N–H and O–H groups in total. The largest absolute Gasteiger partial charge is 0.476 e. The smallest absolute Gasteiger partial charge is 0.338 e. The highest BCUT2D eigenvalue weighted by Gasteiger charge is 2.32. The first-order valence-electron chi connectivity index (χ1n) is 8.61. The average molecular weight is 368 g/mol. The predicted octanol–water partition coefficient (Wildman–Crippen LogP) is 2.62. The number of rotatable bonds is 4. The molecule has 0 bridgehead atoms. The van der Waals surface area contributed by atoms with Crippen LogP contribution < -0.4 is 15.0 Å². The molecule has 0 aliphatic carbocycles.